The van der Waals surface area contributed by atoms with Gasteiger partial charge in [-0.15, -0.1) is 0 Å². The Bertz CT molecular complexity index is 747. The summed E-state index contributed by atoms with van der Waals surface area (Å²) in [5.41, 5.74) is 0.307. The first kappa shape index (κ1) is 22.4. The fourth-order valence-electron chi connectivity index (χ4n) is 4.32. The molecule has 166 valence electrons. The topological polar surface area (TPSA) is 77.5 Å². The molecule has 2 saturated heterocycles. The van der Waals surface area contributed by atoms with E-state index in [0.717, 1.165) is 18.4 Å². The predicted octanol–water partition coefficient (Wildman–Crippen LogP) is 1.50. The maximum absolute atomic E-state index is 13.2. The molecule has 0 saturated carbocycles. The van der Waals surface area contributed by atoms with Crippen LogP contribution in [0.2, 0.25) is 0 Å². The third-order valence-corrected chi connectivity index (χ3v) is 5.95. The Kier molecular flexibility index (Phi) is 7.55. The SMILES string of the molecule is COCCCN1C(=O)CCN(C(=O)Cc2cc(OC)ccc2OC)CC12CCOC2. The number of carbonyl (C=O) groups excluding carboxylic acids is 2. The maximum atomic E-state index is 13.2. The van der Waals surface area contributed by atoms with Crippen LogP contribution in [-0.4, -0.2) is 87.9 Å². The molecular formula is C22H32N2O6. The second kappa shape index (κ2) is 10.1. The highest BCUT2D eigenvalue weighted by atomic mass is 16.5. The molecule has 0 N–H and O–H groups in total. The first-order valence-electron chi connectivity index (χ1n) is 10.4. The fourth-order valence-corrected chi connectivity index (χ4v) is 4.32. The third kappa shape index (κ3) is 4.87. The van der Waals surface area contributed by atoms with Crippen molar-refractivity contribution in [1.82, 2.24) is 9.80 Å². The number of amides is 2. The molecule has 0 radical (unpaired) electrons. The molecule has 0 aliphatic carbocycles. The van der Waals surface area contributed by atoms with E-state index in [1.165, 1.54) is 0 Å². The van der Waals surface area contributed by atoms with Gasteiger partial charge in [-0.25, -0.2) is 0 Å². The predicted molar refractivity (Wildman–Crippen MR) is 111 cm³/mol. The Morgan fingerprint density at radius 1 is 1.23 bits per heavy atom. The van der Waals surface area contributed by atoms with Crippen LogP contribution in [-0.2, 0) is 25.5 Å². The van der Waals surface area contributed by atoms with Gasteiger partial charge >= 0.3 is 0 Å². The summed E-state index contributed by atoms with van der Waals surface area (Å²) in [7, 11) is 4.84. The fraction of sp³-hybridized carbons (Fsp3) is 0.636. The number of carbonyl (C=O) groups is 2. The van der Waals surface area contributed by atoms with Crippen molar-refractivity contribution in [3.05, 3.63) is 23.8 Å². The van der Waals surface area contributed by atoms with Gasteiger partial charge in [-0.2, -0.15) is 0 Å². The molecular weight excluding hydrogens is 388 g/mol. The van der Waals surface area contributed by atoms with Crippen LogP contribution < -0.4 is 9.47 Å². The largest absolute Gasteiger partial charge is 0.497 e. The molecule has 1 atom stereocenters. The van der Waals surface area contributed by atoms with Crippen molar-refractivity contribution >= 4 is 11.8 Å². The Labute approximate surface area is 178 Å². The molecule has 2 heterocycles. The van der Waals surface area contributed by atoms with E-state index in [1.807, 2.05) is 15.9 Å². The monoisotopic (exact) mass is 420 g/mol. The molecule has 1 aromatic carbocycles. The highest BCUT2D eigenvalue weighted by molar-refractivity contribution is 5.83. The van der Waals surface area contributed by atoms with Crippen molar-refractivity contribution < 1.29 is 28.5 Å². The lowest BCUT2D eigenvalue weighted by Crippen LogP contribution is -2.57. The van der Waals surface area contributed by atoms with Crippen molar-refractivity contribution in [2.75, 3.05) is 60.8 Å². The second-order valence-corrected chi connectivity index (χ2v) is 7.84. The highest BCUT2D eigenvalue weighted by Gasteiger charge is 2.46. The van der Waals surface area contributed by atoms with Crippen LogP contribution in [0.25, 0.3) is 0 Å². The second-order valence-electron chi connectivity index (χ2n) is 7.84. The van der Waals surface area contributed by atoms with Crippen molar-refractivity contribution in [1.29, 1.82) is 0 Å². The van der Waals surface area contributed by atoms with Gasteiger partial charge in [0.1, 0.15) is 11.5 Å². The van der Waals surface area contributed by atoms with E-state index in [0.29, 0.717) is 57.4 Å². The normalized spacial score (nSPS) is 21.8. The Morgan fingerprint density at radius 3 is 2.73 bits per heavy atom. The molecule has 2 aliphatic rings. The van der Waals surface area contributed by atoms with Gasteiger partial charge in [0, 0.05) is 51.9 Å². The molecule has 2 fully saturated rings. The van der Waals surface area contributed by atoms with E-state index >= 15 is 0 Å². The van der Waals surface area contributed by atoms with Crippen LogP contribution in [0.5, 0.6) is 11.5 Å². The summed E-state index contributed by atoms with van der Waals surface area (Å²) >= 11 is 0. The van der Waals surface area contributed by atoms with Crippen LogP contribution >= 0.6 is 0 Å². The molecule has 2 aliphatic heterocycles. The van der Waals surface area contributed by atoms with Crippen LogP contribution in [0.3, 0.4) is 0 Å². The summed E-state index contributed by atoms with van der Waals surface area (Å²) in [5, 5.41) is 0. The zero-order valence-corrected chi connectivity index (χ0v) is 18.1. The lowest BCUT2D eigenvalue weighted by molar-refractivity contribution is -0.137. The molecule has 1 unspecified atom stereocenters. The summed E-state index contributed by atoms with van der Waals surface area (Å²) in [6.07, 6.45) is 2.00. The third-order valence-electron chi connectivity index (χ3n) is 5.95. The van der Waals surface area contributed by atoms with Gasteiger partial charge in [0.05, 0.1) is 32.8 Å². The standard InChI is InChI=1S/C22H32N2O6/c1-27-11-4-9-24-20(25)7-10-23(15-22(24)8-12-30-16-22)21(26)14-17-13-18(28-2)5-6-19(17)29-3/h5-6,13H,4,7-12,14-16H2,1-3H3. The molecule has 0 aromatic heterocycles. The van der Waals surface area contributed by atoms with Gasteiger partial charge < -0.3 is 28.7 Å². The summed E-state index contributed by atoms with van der Waals surface area (Å²) < 4.78 is 21.6. The van der Waals surface area contributed by atoms with Crippen molar-refractivity contribution in [3.8, 4) is 11.5 Å². The summed E-state index contributed by atoms with van der Waals surface area (Å²) in [6.45, 7) is 3.15. The van der Waals surface area contributed by atoms with Gasteiger partial charge in [-0.05, 0) is 31.0 Å². The van der Waals surface area contributed by atoms with Crippen LogP contribution in [0, 0.1) is 0 Å². The van der Waals surface area contributed by atoms with Crippen molar-refractivity contribution in [2.24, 2.45) is 0 Å². The number of methoxy groups -OCH3 is 3. The van der Waals surface area contributed by atoms with E-state index in [9.17, 15) is 9.59 Å². The van der Waals surface area contributed by atoms with E-state index < -0.39 is 5.54 Å². The number of hydrogen-bond donors (Lipinski definition) is 0. The quantitative estimate of drug-likeness (QED) is 0.594. The lowest BCUT2D eigenvalue weighted by Gasteiger charge is -2.40. The van der Waals surface area contributed by atoms with Crippen LogP contribution in [0.15, 0.2) is 18.2 Å². The summed E-state index contributed by atoms with van der Waals surface area (Å²) in [5.74, 6) is 1.37. The Balaban J connectivity index is 1.78. The van der Waals surface area contributed by atoms with Crippen molar-refractivity contribution in [2.45, 2.75) is 31.2 Å². The first-order valence-corrected chi connectivity index (χ1v) is 10.4. The minimum Gasteiger partial charge on any atom is -0.497 e. The number of rotatable bonds is 8. The van der Waals surface area contributed by atoms with Crippen molar-refractivity contribution in [3.63, 3.8) is 0 Å². The average Bonchev–Trinajstić information content (AvgIpc) is 3.17. The Hall–Kier alpha value is -2.32. The summed E-state index contributed by atoms with van der Waals surface area (Å²) in [4.78, 5) is 29.9. The van der Waals surface area contributed by atoms with E-state index in [-0.39, 0.29) is 18.2 Å². The van der Waals surface area contributed by atoms with Gasteiger partial charge in [-0.1, -0.05) is 0 Å². The van der Waals surface area contributed by atoms with Gasteiger partial charge in [0.25, 0.3) is 0 Å². The molecule has 8 nitrogen and oxygen atoms in total. The number of nitrogens with zero attached hydrogens (tertiary/aromatic N) is 2. The minimum absolute atomic E-state index is 0.0284. The Morgan fingerprint density at radius 2 is 2.07 bits per heavy atom. The highest BCUT2D eigenvalue weighted by Crippen LogP contribution is 2.32. The maximum Gasteiger partial charge on any atom is 0.227 e. The average molecular weight is 421 g/mol. The van der Waals surface area contributed by atoms with Gasteiger partial charge in [-0.3, -0.25) is 9.59 Å². The molecule has 30 heavy (non-hydrogen) atoms. The molecule has 1 spiro atoms. The number of hydrogen-bond acceptors (Lipinski definition) is 6. The first-order chi connectivity index (χ1) is 14.5. The van der Waals surface area contributed by atoms with E-state index in [4.69, 9.17) is 18.9 Å². The molecule has 1 aromatic rings. The van der Waals surface area contributed by atoms with E-state index in [1.54, 1.807) is 33.5 Å². The van der Waals surface area contributed by atoms with Crippen LogP contribution in [0.4, 0.5) is 0 Å². The zero-order chi connectivity index (χ0) is 21.6. The zero-order valence-electron chi connectivity index (χ0n) is 18.1. The van der Waals surface area contributed by atoms with Gasteiger partial charge in [0.2, 0.25) is 11.8 Å². The smallest absolute Gasteiger partial charge is 0.227 e. The van der Waals surface area contributed by atoms with Crippen LogP contribution in [0.1, 0.15) is 24.8 Å². The number of ether oxygens (including phenoxy) is 4. The summed E-state index contributed by atoms with van der Waals surface area (Å²) in [6, 6.07) is 5.43. The lowest BCUT2D eigenvalue weighted by atomic mass is 9.95. The minimum atomic E-state index is -0.463. The molecule has 8 heteroatoms. The molecule has 0 bridgehead atoms. The van der Waals surface area contributed by atoms with E-state index in [2.05, 4.69) is 0 Å². The van der Waals surface area contributed by atoms with Gasteiger partial charge in [0.15, 0.2) is 0 Å². The molecule has 3 rings (SSSR count). The molecule has 2 amide bonds. The number of benzene rings is 1.